The van der Waals surface area contributed by atoms with Crippen molar-refractivity contribution in [3.8, 4) is 0 Å². The number of hydrogen-bond acceptors (Lipinski definition) is 10. The van der Waals surface area contributed by atoms with Gasteiger partial charge in [0.15, 0.2) is 10.8 Å². The molecule has 0 spiro atoms. The summed E-state index contributed by atoms with van der Waals surface area (Å²) in [5, 5.41) is 20.1. The minimum absolute atomic E-state index is 0.129. The molecule has 2 rings (SSSR count). The summed E-state index contributed by atoms with van der Waals surface area (Å²) in [5.41, 5.74) is 0.313. The molecule has 0 saturated carbocycles. The van der Waals surface area contributed by atoms with Crippen LogP contribution in [0.4, 0.5) is 10.8 Å². The molecule has 0 aliphatic rings. The van der Waals surface area contributed by atoms with Gasteiger partial charge in [0.25, 0.3) is 5.91 Å². The molecule has 11 heteroatoms. The molecule has 1 heterocycles. The Balaban J connectivity index is 2.25. The molecule has 0 aliphatic carbocycles. The number of hydrogen-bond donors (Lipinski definition) is 2. The summed E-state index contributed by atoms with van der Waals surface area (Å²) in [6, 6.07) is 6.25. The number of nitrogens with one attached hydrogen (secondary N) is 1. The zero-order valence-electron chi connectivity index (χ0n) is 16.8. The van der Waals surface area contributed by atoms with E-state index in [-0.39, 0.29) is 33.6 Å². The van der Waals surface area contributed by atoms with Crippen LogP contribution in [0.3, 0.4) is 0 Å². The number of ether oxygens (including phenoxy) is 2. The molecule has 1 aromatic heterocycles. The number of aliphatic hydroxyl groups excluding tert-OH is 1. The Morgan fingerprint density at radius 1 is 1.23 bits per heavy atom. The van der Waals surface area contributed by atoms with Crippen molar-refractivity contribution in [3.63, 3.8) is 0 Å². The van der Waals surface area contributed by atoms with Crippen molar-refractivity contribution in [1.82, 2.24) is 4.98 Å². The summed E-state index contributed by atoms with van der Waals surface area (Å²) < 4.78 is 9.62. The van der Waals surface area contributed by atoms with Crippen molar-refractivity contribution < 1.29 is 29.0 Å². The van der Waals surface area contributed by atoms with Gasteiger partial charge in [0.05, 0.1) is 25.0 Å². The maximum Gasteiger partial charge on any atom is 0.350 e. The molecule has 158 valence electrons. The number of aryl methyl sites for hydroxylation is 1. The lowest BCUT2D eigenvalue weighted by Crippen LogP contribution is -2.14. The van der Waals surface area contributed by atoms with Gasteiger partial charge in [0.2, 0.25) is 0 Å². The lowest BCUT2D eigenvalue weighted by Gasteiger charge is -2.04. The molecule has 0 atom stereocenters. The molecule has 2 N–H and O–H groups in total. The van der Waals surface area contributed by atoms with E-state index in [0.717, 1.165) is 11.3 Å². The van der Waals surface area contributed by atoms with E-state index in [4.69, 9.17) is 4.74 Å². The molecule has 1 aromatic carbocycles. The Kier molecular flexibility index (Phi) is 7.76. The van der Waals surface area contributed by atoms with Gasteiger partial charge in [-0.2, -0.15) is 0 Å². The fourth-order valence-electron chi connectivity index (χ4n) is 2.22. The summed E-state index contributed by atoms with van der Waals surface area (Å²) in [7, 11) is 1.23. The molecule has 0 fully saturated rings. The number of nitrogens with zero attached hydrogens (tertiary/aromatic N) is 3. The Labute approximate surface area is 176 Å². The molecule has 0 aliphatic heterocycles. The highest BCUT2D eigenvalue weighted by molar-refractivity contribution is 7.17. The predicted molar refractivity (Wildman–Crippen MR) is 109 cm³/mol. The molecule has 0 radical (unpaired) electrons. The maximum absolute atomic E-state index is 12.5. The summed E-state index contributed by atoms with van der Waals surface area (Å²) in [6.07, 6.45) is 0. The predicted octanol–water partition coefficient (Wildman–Crippen LogP) is 3.93. The molecule has 0 saturated heterocycles. The van der Waals surface area contributed by atoms with Crippen LogP contribution < -0.4 is 5.32 Å². The third kappa shape index (κ3) is 5.47. The lowest BCUT2D eigenvalue weighted by atomic mass is 10.2. The first-order valence-electron chi connectivity index (χ1n) is 8.73. The number of rotatable bonds is 7. The number of benzene rings is 1. The highest BCUT2D eigenvalue weighted by Gasteiger charge is 2.20. The molecule has 0 bridgehead atoms. The summed E-state index contributed by atoms with van der Waals surface area (Å²) in [4.78, 5) is 40.6. The number of anilines is 1. The fraction of sp³-hybridized carbons (Fsp3) is 0.263. The summed E-state index contributed by atoms with van der Waals surface area (Å²) in [5.74, 6) is -2.35. The van der Waals surface area contributed by atoms with Gasteiger partial charge < -0.3 is 14.6 Å². The van der Waals surface area contributed by atoms with Crippen molar-refractivity contribution in [2.75, 3.05) is 19.0 Å². The van der Waals surface area contributed by atoms with Gasteiger partial charge >= 0.3 is 11.9 Å². The van der Waals surface area contributed by atoms with Crippen LogP contribution in [0.2, 0.25) is 0 Å². The van der Waals surface area contributed by atoms with Crippen LogP contribution in [0.15, 0.2) is 46.0 Å². The number of allylic oxidation sites excluding steroid dienone is 1. The van der Waals surface area contributed by atoms with Gasteiger partial charge in [-0.3, -0.25) is 10.1 Å². The van der Waals surface area contributed by atoms with Crippen molar-refractivity contribution in [2.45, 2.75) is 20.8 Å². The topological polar surface area (TPSA) is 140 Å². The molecule has 30 heavy (non-hydrogen) atoms. The van der Waals surface area contributed by atoms with Crippen molar-refractivity contribution in [2.24, 2.45) is 10.2 Å². The third-order valence-electron chi connectivity index (χ3n) is 3.60. The van der Waals surface area contributed by atoms with E-state index in [2.05, 4.69) is 25.3 Å². The number of carbonyl (C=O) groups excluding carboxylic acids is 3. The number of carbonyl (C=O) groups is 3. The lowest BCUT2D eigenvalue weighted by molar-refractivity contribution is -0.113. The zero-order valence-corrected chi connectivity index (χ0v) is 17.6. The van der Waals surface area contributed by atoms with Crippen LogP contribution in [0.1, 0.15) is 39.6 Å². The van der Waals surface area contributed by atoms with Gasteiger partial charge in [-0.05, 0) is 32.9 Å². The van der Waals surface area contributed by atoms with E-state index in [1.807, 2.05) is 0 Å². The van der Waals surface area contributed by atoms with Crippen LogP contribution in [0.25, 0.3) is 0 Å². The SMILES string of the molecule is CCOC(=O)c1sc(NC(=O)C(N=Nc2ccccc2C(=O)OC)=C(C)O)nc1C. The van der Waals surface area contributed by atoms with E-state index < -0.39 is 23.6 Å². The molecule has 10 nitrogen and oxygen atoms in total. The first-order valence-corrected chi connectivity index (χ1v) is 9.54. The Morgan fingerprint density at radius 3 is 2.57 bits per heavy atom. The smallest absolute Gasteiger partial charge is 0.350 e. The minimum Gasteiger partial charge on any atom is -0.510 e. The normalized spacial score (nSPS) is 11.7. The van der Waals surface area contributed by atoms with Crippen LogP contribution >= 0.6 is 11.3 Å². The van der Waals surface area contributed by atoms with Crippen molar-refractivity contribution >= 4 is 40.0 Å². The minimum atomic E-state index is -0.793. The highest BCUT2D eigenvalue weighted by atomic mass is 32.1. The van der Waals surface area contributed by atoms with Gasteiger partial charge in [-0.25, -0.2) is 14.6 Å². The van der Waals surface area contributed by atoms with E-state index in [1.165, 1.54) is 26.2 Å². The van der Waals surface area contributed by atoms with Crippen LogP contribution in [0, 0.1) is 6.92 Å². The number of azo groups is 1. The Hall–Kier alpha value is -3.60. The number of aromatic nitrogens is 1. The molecule has 0 unspecified atom stereocenters. The third-order valence-corrected chi connectivity index (χ3v) is 4.66. The number of esters is 2. The average molecular weight is 432 g/mol. The Bertz CT molecular complexity index is 1020. The summed E-state index contributed by atoms with van der Waals surface area (Å²) >= 11 is 0.934. The van der Waals surface area contributed by atoms with Gasteiger partial charge in [0.1, 0.15) is 16.3 Å². The number of methoxy groups -OCH3 is 1. The van der Waals surface area contributed by atoms with Crippen LogP contribution in [0.5, 0.6) is 0 Å². The van der Waals surface area contributed by atoms with Gasteiger partial charge in [-0.15, -0.1) is 10.2 Å². The molecule has 2 aromatic rings. The van der Waals surface area contributed by atoms with E-state index in [0.29, 0.717) is 5.69 Å². The van der Waals surface area contributed by atoms with E-state index in [9.17, 15) is 19.5 Å². The number of amides is 1. The second-order valence-electron chi connectivity index (χ2n) is 5.75. The van der Waals surface area contributed by atoms with E-state index >= 15 is 0 Å². The first-order chi connectivity index (χ1) is 14.3. The highest BCUT2D eigenvalue weighted by Crippen LogP contribution is 2.25. The van der Waals surface area contributed by atoms with Gasteiger partial charge in [0, 0.05) is 0 Å². The second-order valence-corrected chi connectivity index (χ2v) is 6.75. The summed E-state index contributed by atoms with van der Waals surface area (Å²) in [6.45, 7) is 4.76. The second kappa shape index (κ2) is 10.3. The maximum atomic E-state index is 12.5. The molecule has 1 amide bonds. The number of aliphatic hydroxyl groups is 1. The first kappa shape index (κ1) is 22.7. The van der Waals surface area contributed by atoms with Crippen LogP contribution in [-0.2, 0) is 14.3 Å². The fourth-order valence-corrected chi connectivity index (χ4v) is 3.08. The molecular formula is C19H20N4O6S. The largest absolute Gasteiger partial charge is 0.510 e. The zero-order chi connectivity index (χ0) is 22.3. The average Bonchev–Trinajstić information content (AvgIpc) is 3.07. The van der Waals surface area contributed by atoms with Crippen LogP contribution in [-0.4, -0.2) is 41.7 Å². The van der Waals surface area contributed by atoms with Gasteiger partial charge in [-0.1, -0.05) is 23.5 Å². The Morgan fingerprint density at radius 2 is 1.93 bits per heavy atom. The van der Waals surface area contributed by atoms with E-state index in [1.54, 1.807) is 26.0 Å². The standard InChI is InChI=1S/C19H20N4O6S/c1-5-29-18(27)15-10(2)20-19(30-15)21-16(25)14(11(3)24)23-22-13-9-7-6-8-12(13)17(26)28-4/h6-9,24H,5H2,1-4H3,(H,20,21,25). The quantitative estimate of drug-likeness (QED) is 0.292. The monoisotopic (exact) mass is 432 g/mol. The number of thiazole rings is 1. The van der Waals surface area contributed by atoms with Crippen molar-refractivity contribution in [1.29, 1.82) is 0 Å². The van der Waals surface area contributed by atoms with Crippen molar-refractivity contribution in [3.05, 3.63) is 51.9 Å². The molecular weight excluding hydrogens is 412 g/mol.